The second kappa shape index (κ2) is 7.88. The highest BCUT2D eigenvalue weighted by Crippen LogP contribution is 2.26. The first-order valence-electron chi connectivity index (χ1n) is 7.82. The maximum absolute atomic E-state index is 12.4. The summed E-state index contributed by atoms with van der Waals surface area (Å²) in [4.78, 5) is 12.3. The molecule has 0 unspecified atom stereocenters. The van der Waals surface area contributed by atoms with E-state index < -0.39 is 10.0 Å². The molecular weight excluding hydrogens is 445 g/mol. The quantitative estimate of drug-likeness (QED) is 0.565. The fourth-order valence-corrected chi connectivity index (χ4v) is 4.28. The first-order valence-corrected chi connectivity index (χ1v) is 11.1. The third kappa shape index (κ3) is 4.41. The van der Waals surface area contributed by atoms with Crippen molar-refractivity contribution in [1.82, 2.24) is 14.6 Å². The molecule has 28 heavy (non-hydrogen) atoms. The van der Waals surface area contributed by atoms with Crippen LogP contribution in [-0.2, 0) is 14.8 Å². The van der Waals surface area contributed by atoms with Gasteiger partial charge in [-0.1, -0.05) is 35.0 Å². The first kappa shape index (κ1) is 20.9. The number of carbonyl (C=O) groups excluding carboxylic acids is 1. The lowest BCUT2D eigenvalue weighted by atomic mass is 10.1. The number of nitrogens with one attached hydrogen (secondary N) is 1. The van der Waals surface area contributed by atoms with Crippen molar-refractivity contribution in [3.63, 3.8) is 0 Å². The molecule has 0 bridgehead atoms. The number of nitrogens with two attached hydrogens (primary N) is 1. The van der Waals surface area contributed by atoms with E-state index in [1.54, 1.807) is 30.5 Å². The number of benzene rings is 1. The number of hydrogen-bond donors (Lipinski definition) is 2. The van der Waals surface area contributed by atoms with Crippen LogP contribution in [0.5, 0.6) is 0 Å². The van der Waals surface area contributed by atoms with Gasteiger partial charge in [0.25, 0.3) is 0 Å². The summed E-state index contributed by atoms with van der Waals surface area (Å²) in [5.74, 6) is -0.327. The lowest BCUT2D eigenvalue weighted by Crippen LogP contribution is -2.17. The summed E-state index contributed by atoms with van der Waals surface area (Å²) < 4.78 is 24.8. The van der Waals surface area contributed by atoms with Crippen LogP contribution in [0.4, 0.5) is 5.69 Å². The Morgan fingerprint density at radius 1 is 1.25 bits per heavy atom. The molecule has 8 nitrogen and oxygen atoms in total. The Labute approximate surface area is 175 Å². The summed E-state index contributed by atoms with van der Waals surface area (Å²) in [7, 11) is -3.88. The van der Waals surface area contributed by atoms with E-state index in [9.17, 15) is 13.2 Å². The maximum atomic E-state index is 12.4. The number of sulfonamides is 1. The van der Waals surface area contributed by atoms with Crippen LogP contribution >= 0.6 is 35.0 Å². The number of pyridine rings is 1. The molecule has 12 heteroatoms. The third-order valence-corrected chi connectivity index (χ3v) is 6.29. The molecule has 0 aliphatic heterocycles. The number of aryl methyl sites for hydroxylation is 1. The number of nitrogens with zero attached hydrogens (tertiary/aromatic N) is 3. The van der Waals surface area contributed by atoms with Crippen molar-refractivity contribution >= 4 is 62.2 Å². The number of rotatable bonds is 5. The predicted molar refractivity (Wildman–Crippen MR) is 110 cm³/mol. The molecule has 0 atom stereocenters. The van der Waals surface area contributed by atoms with Crippen LogP contribution in [0.2, 0.25) is 10.0 Å². The molecule has 148 valence electrons. The number of hydrogen-bond acceptors (Lipinski definition) is 6. The Bertz CT molecular complexity index is 1190. The fraction of sp³-hybridized carbons (Fsp3) is 0.188. The maximum Gasteiger partial charge on any atom is 0.238 e. The van der Waals surface area contributed by atoms with Crippen LogP contribution in [0, 0.1) is 13.8 Å². The van der Waals surface area contributed by atoms with Crippen molar-refractivity contribution < 1.29 is 13.2 Å². The van der Waals surface area contributed by atoms with Crippen LogP contribution < -0.4 is 10.5 Å². The van der Waals surface area contributed by atoms with E-state index in [4.69, 9.17) is 28.3 Å². The SMILES string of the molecule is Cc1cc(S(N)(=O)=O)cc(NC(=O)CSc2nnc3c(Cl)cc(Cl)cn23)c1C. The van der Waals surface area contributed by atoms with Gasteiger partial charge in [0.1, 0.15) is 0 Å². The minimum Gasteiger partial charge on any atom is -0.325 e. The van der Waals surface area contributed by atoms with E-state index in [0.717, 1.165) is 17.3 Å². The standard InChI is InChI=1S/C16H15Cl2N5O3S2/c1-8-3-11(28(19,25)26)5-13(9(8)2)20-14(24)7-27-16-22-21-15-12(18)4-10(17)6-23(15)16/h3-6H,7H2,1-2H3,(H,20,24)(H2,19,25,26). The summed E-state index contributed by atoms with van der Waals surface area (Å²) in [6.07, 6.45) is 1.60. The number of fused-ring (bicyclic) bond motifs is 1. The van der Waals surface area contributed by atoms with Gasteiger partial charge in [0.15, 0.2) is 10.8 Å². The number of thioether (sulfide) groups is 1. The van der Waals surface area contributed by atoms with Gasteiger partial charge in [-0.15, -0.1) is 10.2 Å². The van der Waals surface area contributed by atoms with Gasteiger partial charge in [-0.2, -0.15) is 0 Å². The summed E-state index contributed by atoms with van der Waals surface area (Å²) in [6.45, 7) is 3.52. The summed E-state index contributed by atoms with van der Waals surface area (Å²) in [5, 5.41) is 17.1. The summed E-state index contributed by atoms with van der Waals surface area (Å²) in [5.41, 5.74) is 2.26. The Morgan fingerprint density at radius 3 is 2.64 bits per heavy atom. The average Bonchev–Trinajstić information content (AvgIpc) is 2.99. The number of halogens is 2. The number of primary sulfonamides is 1. The molecule has 0 saturated heterocycles. The first-order chi connectivity index (χ1) is 13.1. The van der Waals surface area contributed by atoms with Gasteiger partial charge in [0, 0.05) is 11.9 Å². The topological polar surface area (TPSA) is 119 Å². The second-order valence-electron chi connectivity index (χ2n) is 5.98. The Balaban J connectivity index is 1.78. The van der Waals surface area contributed by atoms with Gasteiger partial charge in [0.05, 0.1) is 20.7 Å². The molecule has 3 rings (SSSR count). The molecule has 2 aromatic heterocycles. The van der Waals surface area contributed by atoms with Crippen molar-refractivity contribution in [1.29, 1.82) is 0 Å². The van der Waals surface area contributed by atoms with Crippen LogP contribution in [-0.4, -0.2) is 34.7 Å². The van der Waals surface area contributed by atoms with Crippen LogP contribution in [0.1, 0.15) is 11.1 Å². The molecule has 1 aromatic carbocycles. The van der Waals surface area contributed by atoms with Gasteiger partial charge >= 0.3 is 0 Å². The van der Waals surface area contributed by atoms with E-state index in [2.05, 4.69) is 15.5 Å². The average molecular weight is 460 g/mol. The molecule has 0 saturated carbocycles. The molecule has 3 N–H and O–H groups in total. The molecular formula is C16H15Cl2N5O3S2. The van der Waals surface area contributed by atoms with Gasteiger partial charge in [0.2, 0.25) is 15.9 Å². The van der Waals surface area contributed by atoms with E-state index >= 15 is 0 Å². The molecule has 0 radical (unpaired) electrons. The second-order valence-corrected chi connectivity index (χ2v) is 9.32. The highest BCUT2D eigenvalue weighted by Gasteiger charge is 2.16. The predicted octanol–water partition coefficient (Wildman–Crippen LogP) is 3.03. The smallest absolute Gasteiger partial charge is 0.238 e. The zero-order valence-corrected chi connectivity index (χ0v) is 17.9. The normalized spacial score (nSPS) is 11.8. The zero-order valence-electron chi connectivity index (χ0n) is 14.7. The van der Waals surface area contributed by atoms with Crippen molar-refractivity contribution in [3.05, 3.63) is 45.6 Å². The van der Waals surface area contributed by atoms with Crippen molar-refractivity contribution in [2.45, 2.75) is 23.9 Å². The van der Waals surface area contributed by atoms with Crippen molar-refractivity contribution in [2.24, 2.45) is 5.14 Å². The molecule has 0 spiro atoms. The number of anilines is 1. The minimum atomic E-state index is -3.88. The fourth-order valence-electron chi connectivity index (χ4n) is 2.44. The monoisotopic (exact) mass is 459 g/mol. The Kier molecular flexibility index (Phi) is 5.87. The van der Waals surface area contributed by atoms with Crippen LogP contribution in [0.25, 0.3) is 5.65 Å². The van der Waals surface area contributed by atoms with Gasteiger partial charge in [-0.05, 0) is 43.2 Å². The van der Waals surface area contributed by atoms with Crippen molar-refractivity contribution in [3.8, 4) is 0 Å². The number of aromatic nitrogens is 3. The molecule has 3 aromatic rings. The van der Waals surface area contributed by atoms with Crippen LogP contribution in [0.15, 0.2) is 34.4 Å². The highest BCUT2D eigenvalue weighted by molar-refractivity contribution is 7.99. The Morgan fingerprint density at radius 2 is 1.96 bits per heavy atom. The van der Waals surface area contributed by atoms with E-state index in [1.807, 2.05) is 0 Å². The summed E-state index contributed by atoms with van der Waals surface area (Å²) >= 11 is 13.2. The number of carbonyl (C=O) groups is 1. The Hall–Kier alpha value is -1.85. The minimum absolute atomic E-state index is 0.0169. The molecule has 0 fully saturated rings. The van der Waals surface area contributed by atoms with Crippen LogP contribution in [0.3, 0.4) is 0 Å². The van der Waals surface area contributed by atoms with Gasteiger partial charge < -0.3 is 5.32 Å². The van der Waals surface area contributed by atoms with E-state index in [1.165, 1.54) is 12.1 Å². The zero-order chi connectivity index (χ0) is 20.6. The van der Waals surface area contributed by atoms with Crippen molar-refractivity contribution in [2.75, 3.05) is 11.1 Å². The van der Waals surface area contributed by atoms with Gasteiger partial charge in [-0.25, -0.2) is 13.6 Å². The van der Waals surface area contributed by atoms with Gasteiger partial charge in [-0.3, -0.25) is 9.20 Å². The lowest BCUT2D eigenvalue weighted by molar-refractivity contribution is -0.113. The third-order valence-electron chi connectivity index (χ3n) is 3.97. The lowest BCUT2D eigenvalue weighted by Gasteiger charge is -2.12. The largest absolute Gasteiger partial charge is 0.325 e. The molecule has 0 aliphatic carbocycles. The number of amides is 1. The molecule has 1 amide bonds. The van der Waals surface area contributed by atoms with E-state index in [0.29, 0.717) is 32.1 Å². The van der Waals surface area contributed by atoms with E-state index in [-0.39, 0.29) is 16.6 Å². The summed E-state index contributed by atoms with van der Waals surface area (Å²) in [6, 6.07) is 4.36. The molecule has 2 heterocycles. The highest BCUT2D eigenvalue weighted by atomic mass is 35.5. The molecule has 0 aliphatic rings.